The molecule has 164 valence electrons. The molecule has 4 rings (SSSR count). The van der Waals surface area contributed by atoms with E-state index < -0.39 is 15.1 Å². The Labute approximate surface area is 187 Å². The summed E-state index contributed by atoms with van der Waals surface area (Å²) in [4.78, 5) is 8.71. The predicted octanol–water partition coefficient (Wildman–Crippen LogP) is 4.56. The first kappa shape index (κ1) is 21.9. The van der Waals surface area contributed by atoms with Crippen molar-refractivity contribution in [2.45, 2.75) is 25.2 Å². The van der Waals surface area contributed by atoms with E-state index in [-0.39, 0.29) is 6.61 Å². The lowest BCUT2D eigenvalue weighted by atomic mass is 9.97. The summed E-state index contributed by atoms with van der Waals surface area (Å²) in [7, 11) is -3.14. The van der Waals surface area contributed by atoms with Crippen LogP contribution in [0.15, 0.2) is 73.1 Å². The molecule has 2 heterocycles. The maximum Gasteiger partial charge on any atom is 0.150 e. The first-order valence-electron chi connectivity index (χ1n) is 10.2. The molecule has 4 aromatic rings. The molecular weight excluding hydrogens is 424 g/mol. The molecule has 0 saturated carbocycles. The zero-order valence-electron chi connectivity index (χ0n) is 17.9. The van der Waals surface area contributed by atoms with E-state index in [1.54, 1.807) is 31.5 Å². The minimum atomic E-state index is -3.14. The van der Waals surface area contributed by atoms with Gasteiger partial charge in [0.05, 0.1) is 29.3 Å². The third kappa shape index (κ3) is 4.95. The molecule has 0 aliphatic heterocycles. The molecule has 2 aromatic heterocycles. The van der Waals surface area contributed by atoms with Gasteiger partial charge in [0.2, 0.25) is 0 Å². The fraction of sp³-hybridized carbons (Fsp3) is 0.200. The standard InChI is InChI=1S/C25H24N2O4S/c1-17(32(2,29)30)11-18-12-20-6-4-10-26-25(20)24(13-18)19-5-3-7-22(14-19)31-23-9-8-21(16-28)27-15-23/h3-10,12-15,17,28H,11,16H2,1-2H3. The van der Waals surface area contributed by atoms with Crippen LogP contribution in [0.4, 0.5) is 0 Å². The minimum absolute atomic E-state index is 0.121. The molecule has 1 N–H and O–H groups in total. The molecule has 2 aromatic carbocycles. The van der Waals surface area contributed by atoms with Crippen molar-refractivity contribution in [1.29, 1.82) is 0 Å². The molecular formula is C25H24N2O4S. The van der Waals surface area contributed by atoms with E-state index >= 15 is 0 Å². The summed E-state index contributed by atoms with van der Waals surface area (Å²) in [5, 5.41) is 9.62. The molecule has 0 saturated heterocycles. The van der Waals surface area contributed by atoms with Gasteiger partial charge in [-0.25, -0.2) is 8.42 Å². The van der Waals surface area contributed by atoms with Gasteiger partial charge in [0, 0.05) is 23.4 Å². The number of benzene rings is 2. The number of hydrogen-bond acceptors (Lipinski definition) is 6. The number of aliphatic hydroxyl groups excluding tert-OH is 1. The Morgan fingerprint density at radius 2 is 1.84 bits per heavy atom. The highest BCUT2D eigenvalue weighted by Gasteiger charge is 2.17. The smallest absolute Gasteiger partial charge is 0.150 e. The van der Waals surface area contributed by atoms with E-state index in [4.69, 9.17) is 9.84 Å². The Morgan fingerprint density at radius 1 is 1.00 bits per heavy atom. The first-order valence-corrected chi connectivity index (χ1v) is 12.2. The first-order chi connectivity index (χ1) is 15.3. The van der Waals surface area contributed by atoms with Crippen molar-refractivity contribution in [3.05, 3.63) is 84.3 Å². The quantitative estimate of drug-likeness (QED) is 0.446. The van der Waals surface area contributed by atoms with E-state index in [2.05, 4.69) is 9.97 Å². The van der Waals surface area contributed by atoms with Crippen molar-refractivity contribution in [2.75, 3.05) is 6.26 Å². The minimum Gasteiger partial charge on any atom is -0.456 e. The van der Waals surface area contributed by atoms with Gasteiger partial charge < -0.3 is 9.84 Å². The lowest BCUT2D eigenvalue weighted by molar-refractivity contribution is 0.276. The number of hydrogen-bond donors (Lipinski definition) is 1. The highest BCUT2D eigenvalue weighted by Crippen LogP contribution is 2.33. The van der Waals surface area contributed by atoms with Gasteiger partial charge in [0.15, 0.2) is 0 Å². The summed E-state index contributed by atoms with van der Waals surface area (Å²) in [5.74, 6) is 1.21. The third-order valence-electron chi connectivity index (χ3n) is 5.36. The second-order valence-electron chi connectivity index (χ2n) is 7.84. The van der Waals surface area contributed by atoms with Gasteiger partial charge in [-0.05, 0) is 66.9 Å². The molecule has 0 radical (unpaired) electrons. The van der Waals surface area contributed by atoms with Crippen molar-refractivity contribution in [2.24, 2.45) is 0 Å². The molecule has 7 heteroatoms. The van der Waals surface area contributed by atoms with Crippen LogP contribution in [0.2, 0.25) is 0 Å². The van der Waals surface area contributed by atoms with Crippen LogP contribution in [0.1, 0.15) is 18.2 Å². The maximum atomic E-state index is 12.0. The number of aromatic nitrogens is 2. The molecule has 32 heavy (non-hydrogen) atoms. The summed E-state index contributed by atoms with van der Waals surface area (Å²) in [6.07, 6.45) is 5.02. The molecule has 0 spiro atoms. The van der Waals surface area contributed by atoms with Crippen molar-refractivity contribution >= 4 is 20.7 Å². The molecule has 0 fully saturated rings. The molecule has 1 atom stereocenters. The Kier molecular flexibility index (Phi) is 6.21. The lowest BCUT2D eigenvalue weighted by Gasteiger charge is -2.14. The highest BCUT2D eigenvalue weighted by molar-refractivity contribution is 7.91. The Hall–Kier alpha value is -3.29. The number of nitrogens with zero attached hydrogens (tertiary/aromatic N) is 2. The van der Waals surface area contributed by atoms with Crippen LogP contribution in [0.3, 0.4) is 0 Å². The third-order valence-corrected chi connectivity index (χ3v) is 6.99. The zero-order chi connectivity index (χ0) is 22.7. The average molecular weight is 449 g/mol. The zero-order valence-corrected chi connectivity index (χ0v) is 18.7. The summed E-state index contributed by atoms with van der Waals surface area (Å²) in [6.45, 7) is 1.61. The van der Waals surface area contributed by atoms with Crippen molar-refractivity contribution in [1.82, 2.24) is 9.97 Å². The topological polar surface area (TPSA) is 89.4 Å². The van der Waals surface area contributed by atoms with Gasteiger partial charge in [-0.1, -0.05) is 18.2 Å². The Balaban J connectivity index is 1.72. The fourth-order valence-electron chi connectivity index (χ4n) is 3.50. The lowest BCUT2D eigenvalue weighted by Crippen LogP contribution is -2.18. The molecule has 0 amide bonds. The Morgan fingerprint density at radius 3 is 2.56 bits per heavy atom. The summed E-state index contributed by atoms with van der Waals surface area (Å²) >= 11 is 0. The Bertz CT molecular complexity index is 1350. The van der Waals surface area contributed by atoms with Gasteiger partial charge in [0.25, 0.3) is 0 Å². The number of pyridine rings is 2. The number of fused-ring (bicyclic) bond motifs is 1. The molecule has 0 aliphatic rings. The van der Waals surface area contributed by atoms with Gasteiger partial charge in [-0.15, -0.1) is 0 Å². The number of rotatable bonds is 7. The van der Waals surface area contributed by atoms with Crippen LogP contribution in [-0.4, -0.2) is 35.0 Å². The number of ether oxygens (including phenoxy) is 1. The van der Waals surface area contributed by atoms with Crippen LogP contribution < -0.4 is 4.74 Å². The largest absolute Gasteiger partial charge is 0.456 e. The van der Waals surface area contributed by atoms with Gasteiger partial charge in [-0.3, -0.25) is 9.97 Å². The van der Waals surface area contributed by atoms with Gasteiger partial charge in [-0.2, -0.15) is 0 Å². The van der Waals surface area contributed by atoms with Crippen LogP contribution in [-0.2, 0) is 22.9 Å². The summed E-state index contributed by atoms with van der Waals surface area (Å²) in [5.41, 5.74) is 4.18. The van der Waals surface area contributed by atoms with Crippen LogP contribution in [0.25, 0.3) is 22.0 Å². The predicted molar refractivity (Wildman–Crippen MR) is 125 cm³/mol. The van der Waals surface area contributed by atoms with E-state index in [1.807, 2.05) is 48.5 Å². The van der Waals surface area contributed by atoms with Crippen molar-refractivity contribution in [3.63, 3.8) is 0 Å². The monoisotopic (exact) mass is 448 g/mol. The summed E-state index contributed by atoms with van der Waals surface area (Å²) in [6, 6.07) is 19.0. The van der Waals surface area contributed by atoms with Crippen LogP contribution >= 0.6 is 0 Å². The van der Waals surface area contributed by atoms with E-state index in [9.17, 15) is 8.42 Å². The van der Waals surface area contributed by atoms with Crippen LogP contribution in [0, 0.1) is 0 Å². The second kappa shape index (κ2) is 9.06. The highest BCUT2D eigenvalue weighted by atomic mass is 32.2. The van der Waals surface area contributed by atoms with E-state index in [0.29, 0.717) is 23.6 Å². The normalized spacial score (nSPS) is 12.6. The molecule has 6 nitrogen and oxygen atoms in total. The summed E-state index contributed by atoms with van der Waals surface area (Å²) < 4.78 is 29.9. The van der Waals surface area contributed by atoms with E-state index in [0.717, 1.165) is 27.6 Å². The second-order valence-corrected chi connectivity index (χ2v) is 10.3. The fourth-order valence-corrected chi connectivity index (χ4v) is 4.00. The van der Waals surface area contributed by atoms with E-state index in [1.165, 1.54) is 6.26 Å². The van der Waals surface area contributed by atoms with Gasteiger partial charge >= 0.3 is 0 Å². The van der Waals surface area contributed by atoms with Gasteiger partial charge in [0.1, 0.15) is 21.3 Å². The molecule has 0 aliphatic carbocycles. The SMILES string of the molecule is CC(Cc1cc(-c2cccc(Oc3ccc(CO)nc3)c2)c2ncccc2c1)S(C)(=O)=O. The van der Waals surface area contributed by atoms with Crippen molar-refractivity contribution in [3.8, 4) is 22.6 Å². The van der Waals surface area contributed by atoms with Crippen molar-refractivity contribution < 1.29 is 18.3 Å². The number of aliphatic hydroxyl groups is 1. The van der Waals surface area contributed by atoms with Crippen LogP contribution in [0.5, 0.6) is 11.5 Å². The average Bonchev–Trinajstić information content (AvgIpc) is 2.78. The molecule has 1 unspecified atom stereocenters. The molecule has 0 bridgehead atoms. The number of sulfone groups is 1. The maximum absolute atomic E-state index is 12.0.